The minimum absolute atomic E-state index is 0.0409. The number of hydrogen-bond acceptors (Lipinski definition) is 6. The number of rotatable bonds is 9. The second kappa shape index (κ2) is 10.1. The van der Waals surface area contributed by atoms with E-state index in [1.807, 2.05) is 19.1 Å². The molecule has 158 valence electrons. The number of nitrogens with one attached hydrogen (secondary N) is 1. The van der Waals surface area contributed by atoms with Gasteiger partial charge in [0.05, 0.1) is 6.61 Å². The van der Waals surface area contributed by atoms with Gasteiger partial charge < -0.3 is 14.4 Å². The predicted octanol–water partition coefficient (Wildman–Crippen LogP) is 2.89. The summed E-state index contributed by atoms with van der Waals surface area (Å²) >= 11 is 1.19. The lowest BCUT2D eigenvalue weighted by Gasteiger charge is -2.32. The molecule has 1 N–H and O–H groups in total. The summed E-state index contributed by atoms with van der Waals surface area (Å²) in [6.07, 6.45) is 2.11. The molecular formula is C20H26N2O5S2. The molecule has 1 amide bonds. The number of hydrogen-bond donors (Lipinski definition) is 1. The second-order valence-electron chi connectivity index (χ2n) is 6.82. The number of ether oxygens (including phenoxy) is 2. The number of amides is 1. The molecule has 2 aromatic rings. The van der Waals surface area contributed by atoms with Crippen molar-refractivity contribution in [2.45, 2.75) is 36.4 Å². The zero-order valence-corrected chi connectivity index (χ0v) is 18.0. The van der Waals surface area contributed by atoms with Crippen LogP contribution >= 0.6 is 11.3 Å². The van der Waals surface area contributed by atoms with Gasteiger partial charge in [0.2, 0.25) is 10.0 Å². The third-order valence-corrected chi connectivity index (χ3v) is 7.51. The van der Waals surface area contributed by atoms with Crippen LogP contribution in [0.2, 0.25) is 0 Å². The number of carbonyl (C=O) groups is 1. The van der Waals surface area contributed by atoms with Crippen molar-refractivity contribution in [3.63, 3.8) is 0 Å². The fraction of sp³-hybridized carbons (Fsp3) is 0.450. The Kier molecular flexibility index (Phi) is 7.51. The van der Waals surface area contributed by atoms with Crippen molar-refractivity contribution in [3.8, 4) is 11.5 Å². The van der Waals surface area contributed by atoms with Crippen LogP contribution in [0.5, 0.6) is 11.5 Å². The molecule has 0 aliphatic carbocycles. The van der Waals surface area contributed by atoms with Gasteiger partial charge >= 0.3 is 0 Å². The molecule has 1 aromatic carbocycles. The first-order valence-electron chi connectivity index (χ1n) is 9.67. The van der Waals surface area contributed by atoms with Gasteiger partial charge in [-0.15, -0.1) is 11.3 Å². The van der Waals surface area contributed by atoms with Crippen molar-refractivity contribution in [1.29, 1.82) is 0 Å². The van der Waals surface area contributed by atoms with E-state index in [1.165, 1.54) is 11.3 Å². The Morgan fingerprint density at radius 3 is 2.38 bits per heavy atom. The molecule has 1 aliphatic heterocycles. The van der Waals surface area contributed by atoms with Crippen molar-refractivity contribution in [1.82, 2.24) is 9.62 Å². The number of thiophene rings is 1. The standard InChI is InChI=1S/C20H26N2O5S2/c1-2-13-26-17-5-7-18(8-6-17)27-15-19(23)22-11-9-16(10-12-22)21-29(24,25)20-4-3-14-28-20/h3-8,14,16,21H,2,9-13,15H2,1H3. The van der Waals surface area contributed by atoms with Gasteiger partial charge in [0.25, 0.3) is 5.91 Å². The average molecular weight is 439 g/mol. The van der Waals surface area contributed by atoms with Gasteiger partial charge in [0, 0.05) is 19.1 Å². The minimum atomic E-state index is -3.48. The van der Waals surface area contributed by atoms with Crippen LogP contribution in [0, 0.1) is 0 Å². The minimum Gasteiger partial charge on any atom is -0.494 e. The smallest absolute Gasteiger partial charge is 0.260 e. The maximum Gasteiger partial charge on any atom is 0.260 e. The molecule has 7 nitrogen and oxygen atoms in total. The lowest BCUT2D eigenvalue weighted by molar-refractivity contribution is -0.134. The lowest BCUT2D eigenvalue weighted by atomic mass is 10.1. The van der Waals surface area contributed by atoms with Crippen LogP contribution in [-0.2, 0) is 14.8 Å². The zero-order chi connectivity index (χ0) is 20.7. The molecule has 0 atom stereocenters. The Hall–Kier alpha value is -2.10. The summed E-state index contributed by atoms with van der Waals surface area (Å²) in [4.78, 5) is 14.1. The van der Waals surface area contributed by atoms with Crippen LogP contribution in [0.3, 0.4) is 0 Å². The van der Waals surface area contributed by atoms with Gasteiger partial charge in [-0.1, -0.05) is 13.0 Å². The van der Waals surface area contributed by atoms with Gasteiger partial charge in [-0.25, -0.2) is 13.1 Å². The molecule has 1 aliphatic rings. The molecule has 0 spiro atoms. The summed E-state index contributed by atoms with van der Waals surface area (Å²) in [5, 5.41) is 1.74. The number of carbonyl (C=O) groups excluding carboxylic acids is 1. The molecular weight excluding hydrogens is 412 g/mol. The monoisotopic (exact) mass is 438 g/mol. The van der Waals surface area contributed by atoms with Gasteiger partial charge in [0.15, 0.2) is 6.61 Å². The van der Waals surface area contributed by atoms with E-state index >= 15 is 0 Å². The summed E-state index contributed by atoms with van der Waals surface area (Å²) in [5.41, 5.74) is 0. The van der Waals surface area contributed by atoms with Gasteiger partial charge in [-0.05, 0) is 55.0 Å². The molecule has 3 rings (SSSR count). The van der Waals surface area contributed by atoms with Crippen molar-refractivity contribution < 1.29 is 22.7 Å². The first kappa shape index (κ1) is 21.6. The van der Waals surface area contributed by atoms with Crippen LogP contribution in [0.4, 0.5) is 0 Å². The van der Waals surface area contributed by atoms with Gasteiger partial charge in [-0.2, -0.15) is 0 Å². The quantitative estimate of drug-likeness (QED) is 0.651. The largest absolute Gasteiger partial charge is 0.494 e. The Balaban J connectivity index is 1.42. The highest BCUT2D eigenvalue weighted by Crippen LogP contribution is 2.20. The molecule has 0 saturated carbocycles. The molecule has 1 aromatic heterocycles. The Morgan fingerprint density at radius 1 is 1.14 bits per heavy atom. The van der Waals surface area contributed by atoms with E-state index in [2.05, 4.69) is 4.72 Å². The van der Waals surface area contributed by atoms with Crippen molar-refractivity contribution in [2.75, 3.05) is 26.3 Å². The highest BCUT2D eigenvalue weighted by Gasteiger charge is 2.27. The van der Waals surface area contributed by atoms with E-state index < -0.39 is 10.0 Å². The number of sulfonamides is 1. The molecule has 1 saturated heterocycles. The van der Waals surface area contributed by atoms with E-state index in [4.69, 9.17) is 9.47 Å². The molecule has 9 heteroatoms. The lowest BCUT2D eigenvalue weighted by Crippen LogP contribution is -2.47. The maximum atomic E-state index is 12.4. The number of nitrogens with zero attached hydrogens (tertiary/aromatic N) is 1. The third-order valence-electron chi connectivity index (χ3n) is 4.59. The van der Waals surface area contributed by atoms with E-state index in [9.17, 15) is 13.2 Å². The first-order valence-corrected chi connectivity index (χ1v) is 12.0. The topological polar surface area (TPSA) is 84.9 Å². The number of piperidine rings is 1. The second-order valence-corrected chi connectivity index (χ2v) is 9.71. The molecule has 0 bridgehead atoms. The van der Waals surface area contributed by atoms with Crippen molar-refractivity contribution in [3.05, 3.63) is 41.8 Å². The Morgan fingerprint density at radius 2 is 1.79 bits per heavy atom. The zero-order valence-electron chi connectivity index (χ0n) is 16.4. The molecule has 29 heavy (non-hydrogen) atoms. The normalized spacial score (nSPS) is 15.3. The molecule has 1 fully saturated rings. The van der Waals surface area contributed by atoms with Crippen LogP contribution in [0.1, 0.15) is 26.2 Å². The van der Waals surface area contributed by atoms with Crippen LogP contribution in [0.25, 0.3) is 0 Å². The maximum absolute atomic E-state index is 12.4. The predicted molar refractivity (Wildman–Crippen MR) is 112 cm³/mol. The van der Waals surface area contributed by atoms with Gasteiger partial charge in [-0.3, -0.25) is 4.79 Å². The molecule has 0 unspecified atom stereocenters. The fourth-order valence-electron chi connectivity index (χ4n) is 3.03. The fourth-order valence-corrected chi connectivity index (χ4v) is 5.34. The van der Waals surface area contributed by atoms with E-state index in [0.717, 1.165) is 12.2 Å². The summed E-state index contributed by atoms with van der Waals surface area (Å²) in [7, 11) is -3.48. The average Bonchev–Trinajstić information content (AvgIpc) is 3.27. The molecule has 0 radical (unpaired) electrons. The van der Waals surface area contributed by atoms with Crippen LogP contribution in [0.15, 0.2) is 46.0 Å². The summed E-state index contributed by atoms with van der Waals surface area (Å²) < 4.78 is 38.8. The highest BCUT2D eigenvalue weighted by molar-refractivity contribution is 7.91. The van der Waals surface area contributed by atoms with Crippen molar-refractivity contribution >= 4 is 27.3 Å². The Bertz CT molecular complexity index is 874. The van der Waals surface area contributed by atoms with Gasteiger partial charge in [0.1, 0.15) is 15.7 Å². The first-order chi connectivity index (χ1) is 14.0. The number of likely N-dealkylation sites (tertiary alicyclic amines) is 1. The summed E-state index contributed by atoms with van der Waals surface area (Å²) in [6.45, 7) is 3.68. The molecule has 2 heterocycles. The van der Waals surface area contributed by atoms with Crippen molar-refractivity contribution in [2.24, 2.45) is 0 Å². The van der Waals surface area contributed by atoms with Crippen LogP contribution in [-0.4, -0.2) is 51.6 Å². The highest BCUT2D eigenvalue weighted by atomic mass is 32.2. The third kappa shape index (κ3) is 6.19. The van der Waals surface area contributed by atoms with E-state index in [-0.39, 0.29) is 18.6 Å². The summed E-state index contributed by atoms with van der Waals surface area (Å²) in [6, 6.07) is 10.3. The van der Waals surface area contributed by atoms with E-state index in [0.29, 0.717) is 42.5 Å². The SMILES string of the molecule is CCCOc1ccc(OCC(=O)N2CCC(NS(=O)(=O)c3cccs3)CC2)cc1. The van der Waals surface area contributed by atoms with E-state index in [1.54, 1.807) is 34.5 Å². The Labute approximate surface area is 175 Å². The summed E-state index contributed by atoms with van der Waals surface area (Å²) in [5.74, 6) is 1.29. The van der Waals surface area contributed by atoms with Crippen LogP contribution < -0.4 is 14.2 Å². The number of benzene rings is 1.